The van der Waals surface area contributed by atoms with Crippen molar-refractivity contribution >= 4 is 11.6 Å². The average molecular weight is 195 g/mol. The van der Waals surface area contributed by atoms with Gasteiger partial charge < -0.3 is 16.0 Å². The molecule has 0 fully saturated rings. The van der Waals surface area contributed by atoms with Crippen molar-refractivity contribution < 1.29 is 0 Å². The first kappa shape index (κ1) is 10.7. The van der Waals surface area contributed by atoms with Crippen LogP contribution in [0.4, 0.5) is 11.6 Å². The maximum absolute atomic E-state index is 4.10. The largest absolute Gasteiger partial charge is 0.370 e. The van der Waals surface area contributed by atoms with E-state index in [1.807, 2.05) is 20.0 Å². The third kappa shape index (κ3) is 3.57. The molecule has 0 radical (unpaired) electrons. The van der Waals surface area contributed by atoms with Crippen molar-refractivity contribution in [3.05, 3.63) is 12.4 Å². The molecule has 14 heavy (non-hydrogen) atoms. The summed E-state index contributed by atoms with van der Waals surface area (Å²) in [5, 5.41) is 9.38. The Balaban J connectivity index is 2.46. The quantitative estimate of drug-likeness (QED) is 0.578. The number of hydrogen-bond acceptors (Lipinski definition) is 5. The first-order valence-electron chi connectivity index (χ1n) is 4.81. The molecule has 0 bridgehead atoms. The Morgan fingerprint density at radius 2 is 1.86 bits per heavy atom. The molecule has 1 aromatic rings. The molecule has 0 amide bonds. The monoisotopic (exact) mass is 195 g/mol. The molecule has 0 saturated heterocycles. The molecule has 0 spiro atoms. The fraction of sp³-hybridized carbons (Fsp3) is 0.556. The van der Waals surface area contributed by atoms with Gasteiger partial charge in [0.15, 0.2) is 0 Å². The molecule has 0 aromatic carbocycles. The molecule has 0 aliphatic heterocycles. The summed E-state index contributed by atoms with van der Waals surface area (Å²) in [6, 6.07) is 1.90. The van der Waals surface area contributed by atoms with Crippen LogP contribution in [-0.2, 0) is 0 Å². The molecule has 1 aromatic heterocycles. The zero-order valence-corrected chi connectivity index (χ0v) is 8.67. The maximum atomic E-state index is 4.10. The van der Waals surface area contributed by atoms with Crippen molar-refractivity contribution in [2.24, 2.45) is 0 Å². The van der Waals surface area contributed by atoms with Crippen LogP contribution in [0.5, 0.6) is 0 Å². The van der Waals surface area contributed by atoms with Crippen molar-refractivity contribution in [2.75, 3.05) is 37.3 Å². The molecule has 1 heterocycles. The van der Waals surface area contributed by atoms with E-state index >= 15 is 0 Å². The van der Waals surface area contributed by atoms with Crippen LogP contribution in [0.2, 0.25) is 0 Å². The number of rotatable bonds is 6. The van der Waals surface area contributed by atoms with Crippen molar-refractivity contribution in [1.29, 1.82) is 0 Å². The van der Waals surface area contributed by atoms with Crippen LogP contribution in [-0.4, -0.2) is 36.6 Å². The summed E-state index contributed by atoms with van der Waals surface area (Å²) in [6.45, 7) is 4.68. The van der Waals surface area contributed by atoms with E-state index in [0.29, 0.717) is 0 Å². The molecule has 3 N–H and O–H groups in total. The van der Waals surface area contributed by atoms with Gasteiger partial charge in [-0.3, -0.25) is 0 Å². The van der Waals surface area contributed by atoms with Gasteiger partial charge in [-0.15, -0.1) is 0 Å². The van der Waals surface area contributed by atoms with Crippen LogP contribution >= 0.6 is 0 Å². The molecule has 5 nitrogen and oxygen atoms in total. The second kappa shape index (κ2) is 6.15. The molecule has 1 rings (SSSR count). The summed E-state index contributed by atoms with van der Waals surface area (Å²) in [5.41, 5.74) is 0. The van der Waals surface area contributed by atoms with Gasteiger partial charge in [0.1, 0.15) is 18.0 Å². The Morgan fingerprint density at radius 1 is 1.14 bits per heavy atom. The van der Waals surface area contributed by atoms with E-state index in [1.54, 1.807) is 6.33 Å². The van der Waals surface area contributed by atoms with Crippen LogP contribution in [0.1, 0.15) is 6.92 Å². The lowest BCUT2D eigenvalue weighted by atomic mass is 10.5. The lowest BCUT2D eigenvalue weighted by Crippen LogP contribution is -2.18. The van der Waals surface area contributed by atoms with Gasteiger partial charge in [0.2, 0.25) is 0 Å². The third-order valence-corrected chi connectivity index (χ3v) is 1.71. The Morgan fingerprint density at radius 3 is 2.50 bits per heavy atom. The number of nitrogens with zero attached hydrogens (tertiary/aromatic N) is 2. The molecular formula is C9H17N5. The van der Waals surface area contributed by atoms with E-state index in [-0.39, 0.29) is 0 Å². The van der Waals surface area contributed by atoms with Gasteiger partial charge in [0.25, 0.3) is 0 Å². The summed E-state index contributed by atoms with van der Waals surface area (Å²) in [6.07, 6.45) is 1.56. The summed E-state index contributed by atoms with van der Waals surface area (Å²) < 4.78 is 0. The van der Waals surface area contributed by atoms with E-state index in [1.165, 1.54) is 0 Å². The van der Waals surface area contributed by atoms with Gasteiger partial charge in [-0.05, 0) is 14.0 Å². The lowest BCUT2D eigenvalue weighted by Gasteiger charge is -2.06. The number of nitrogens with one attached hydrogen (secondary N) is 3. The fourth-order valence-electron chi connectivity index (χ4n) is 1.05. The predicted octanol–water partition coefficient (Wildman–Crippen LogP) is 0.540. The van der Waals surface area contributed by atoms with E-state index < -0.39 is 0 Å². The lowest BCUT2D eigenvalue weighted by molar-refractivity contribution is 0.821. The molecule has 0 atom stereocenters. The topological polar surface area (TPSA) is 61.9 Å². The number of likely N-dealkylation sites (N-methyl/N-ethyl adjacent to an activating group) is 1. The fourth-order valence-corrected chi connectivity index (χ4v) is 1.05. The molecule has 0 aliphatic carbocycles. The maximum Gasteiger partial charge on any atom is 0.131 e. The Hall–Kier alpha value is -1.36. The van der Waals surface area contributed by atoms with Gasteiger partial charge in [0.05, 0.1) is 0 Å². The second-order valence-corrected chi connectivity index (χ2v) is 2.85. The van der Waals surface area contributed by atoms with Crippen molar-refractivity contribution in [1.82, 2.24) is 15.3 Å². The summed E-state index contributed by atoms with van der Waals surface area (Å²) in [7, 11) is 1.92. The minimum Gasteiger partial charge on any atom is -0.370 e. The highest BCUT2D eigenvalue weighted by atomic mass is 15.1. The number of hydrogen-bond donors (Lipinski definition) is 3. The van der Waals surface area contributed by atoms with Gasteiger partial charge in [-0.1, -0.05) is 0 Å². The number of anilines is 2. The third-order valence-electron chi connectivity index (χ3n) is 1.71. The van der Waals surface area contributed by atoms with Crippen LogP contribution in [0.3, 0.4) is 0 Å². The smallest absolute Gasteiger partial charge is 0.131 e. The van der Waals surface area contributed by atoms with Crippen LogP contribution < -0.4 is 16.0 Å². The van der Waals surface area contributed by atoms with Gasteiger partial charge >= 0.3 is 0 Å². The van der Waals surface area contributed by atoms with Crippen molar-refractivity contribution in [3.63, 3.8) is 0 Å². The van der Waals surface area contributed by atoms with Gasteiger partial charge in [-0.25, -0.2) is 9.97 Å². The highest BCUT2D eigenvalue weighted by molar-refractivity contribution is 5.46. The van der Waals surface area contributed by atoms with Crippen LogP contribution in [0.15, 0.2) is 12.4 Å². The Kier molecular flexibility index (Phi) is 4.71. The zero-order chi connectivity index (χ0) is 10.2. The first-order chi connectivity index (χ1) is 6.86. The van der Waals surface area contributed by atoms with E-state index in [9.17, 15) is 0 Å². The second-order valence-electron chi connectivity index (χ2n) is 2.85. The zero-order valence-electron chi connectivity index (χ0n) is 8.67. The molecular weight excluding hydrogens is 178 g/mol. The predicted molar refractivity (Wildman–Crippen MR) is 58.6 cm³/mol. The van der Waals surface area contributed by atoms with E-state index in [0.717, 1.165) is 31.3 Å². The Bertz CT molecular complexity index is 263. The van der Waals surface area contributed by atoms with Crippen molar-refractivity contribution in [2.45, 2.75) is 6.92 Å². The normalized spacial score (nSPS) is 9.86. The van der Waals surface area contributed by atoms with Crippen molar-refractivity contribution in [3.8, 4) is 0 Å². The summed E-state index contributed by atoms with van der Waals surface area (Å²) >= 11 is 0. The van der Waals surface area contributed by atoms with E-state index in [4.69, 9.17) is 0 Å². The van der Waals surface area contributed by atoms with Crippen LogP contribution in [0, 0.1) is 0 Å². The van der Waals surface area contributed by atoms with E-state index in [2.05, 4.69) is 25.9 Å². The standard InChI is InChI=1S/C9H17N5/c1-3-11-8-6-9(14-7-13-8)12-5-4-10-2/h6-7,10H,3-5H2,1-2H3,(H2,11,12,13,14). The Labute approximate surface area is 84.3 Å². The summed E-state index contributed by atoms with van der Waals surface area (Å²) in [5.74, 6) is 1.71. The highest BCUT2D eigenvalue weighted by Crippen LogP contribution is 2.07. The minimum atomic E-state index is 0.853. The van der Waals surface area contributed by atoms with Gasteiger partial charge in [0, 0.05) is 25.7 Å². The molecule has 0 unspecified atom stereocenters. The summed E-state index contributed by atoms with van der Waals surface area (Å²) in [4.78, 5) is 8.18. The SMILES string of the molecule is CCNc1cc(NCCNC)ncn1. The number of aromatic nitrogens is 2. The highest BCUT2D eigenvalue weighted by Gasteiger charge is 1.95. The minimum absolute atomic E-state index is 0.853. The molecule has 5 heteroatoms. The van der Waals surface area contributed by atoms with Crippen LogP contribution in [0.25, 0.3) is 0 Å². The molecule has 78 valence electrons. The molecule has 0 aliphatic rings. The average Bonchev–Trinajstić information content (AvgIpc) is 2.19. The van der Waals surface area contributed by atoms with Gasteiger partial charge in [-0.2, -0.15) is 0 Å². The molecule has 0 saturated carbocycles. The first-order valence-corrected chi connectivity index (χ1v) is 4.81.